The number of thiazole rings is 1. The van der Waals surface area contributed by atoms with Crippen molar-refractivity contribution >= 4 is 32.7 Å². The SMILES string of the molecule is CCNC(=O)Nc1nc2cc(-c3cccnc3C)cc(-c3ccccn3)c2s1. The molecule has 0 spiro atoms. The van der Waals surface area contributed by atoms with Gasteiger partial charge in [0.25, 0.3) is 0 Å². The molecule has 0 unspecified atom stereocenters. The Bertz CT molecular complexity index is 1140. The van der Waals surface area contributed by atoms with Crippen molar-refractivity contribution in [1.29, 1.82) is 0 Å². The van der Waals surface area contributed by atoms with E-state index in [-0.39, 0.29) is 6.03 Å². The summed E-state index contributed by atoms with van der Waals surface area (Å²) in [5.41, 5.74) is 5.69. The topological polar surface area (TPSA) is 79.8 Å². The van der Waals surface area contributed by atoms with Crippen molar-refractivity contribution in [2.75, 3.05) is 11.9 Å². The molecule has 0 saturated carbocycles. The van der Waals surface area contributed by atoms with Crippen LogP contribution < -0.4 is 10.6 Å². The molecular weight excluding hydrogens is 370 g/mol. The van der Waals surface area contributed by atoms with Gasteiger partial charge in [0.05, 0.1) is 15.9 Å². The zero-order valence-electron chi connectivity index (χ0n) is 15.6. The van der Waals surface area contributed by atoms with Gasteiger partial charge in [-0.1, -0.05) is 23.5 Å². The van der Waals surface area contributed by atoms with Crippen LogP contribution >= 0.6 is 11.3 Å². The van der Waals surface area contributed by atoms with Gasteiger partial charge in [0.1, 0.15) is 0 Å². The Morgan fingerprint density at radius 1 is 1.07 bits per heavy atom. The Labute approximate surface area is 166 Å². The zero-order chi connectivity index (χ0) is 19.5. The molecule has 2 N–H and O–H groups in total. The fourth-order valence-corrected chi connectivity index (χ4v) is 4.01. The van der Waals surface area contributed by atoms with Crippen LogP contribution in [0.15, 0.2) is 54.9 Å². The van der Waals surface area contributed by atoms with E-state index in [4.69, 9.17) is 0 Å². The maximum atomic E-state index is 11.9. The summed E-state index contributed by atoms with van der Waals surface area (Å²) in [6.45, 7) is 4.42. The summed E-state index contributed by atoms with van der Waals surface area (Å²) >= 11 is 1.44. The normalized spacial score (nSPS) is 10.8. The fraction of sp³-hybridized carbons (Fsp3) is 0.143. The predicted octanol–water partition coefficient (Wildman–Crippen LogP) is 4.87. The van der Waals surface area contributed by atoms with Gasteiger partial charge >= 0.3 is 6.03 Å². The van der Waals surface area contributed by atoms with Crippen molar-refractivity contribution in [3.63, 3.8) is 0 Å². The van der Waals surface area contributed by atoms with E-state index in [1.165, 1.54) is 11.3 Å². The average Bonchev–Trinajstić information content (AvgIpc) is 3.10. The molecule has 1 aromatic carbocycles. The van der Waals surface area contributed by atoms with Gasteiger partial charge in [0.2, 0.25) is 0 Å². The Morgan fingerprint density at radius 2 is 1.93 bits per heavy atom. The largest absolute Gasteiger partial charge is 0.338 e. The first kappa shape index (κ1) is 18.1. The quantitative estimate of drug-likeness (QED) is 0.522. The molecule has 28 heavy (non-hydrogen) atoms. The molecule has 0 saturated heterocycles. The van der Waals surface area contributed by atoms with E-state index in [2.05, 4.69) is 31.7 Å². The summed E-state index contributed by atoms with van der Waals surface area (Å²) in [6, 6.07) is 13.7. The lowest BCUT2D eigenvalue weighted by Crippen LogP contribution is -2.28. The molecule has 0 fully saturated rings. The second kappa shape index (κ2) is 7.74. The third kappa shape index (κ3) is 3.57. The summed E-state index contributed by atoms with van der Waals surface area (Å²) < 4.78 is 0.982. The number of urea groups is 1. The van der Waals surface area contributed by atoms with E-state index in [1.807, 2.05) is 50.2 Å². The van der Waals surface area contributed by atoms with Gasteiger partial charge in [-0.25, -0.2) is 9.78 Å². The van der Waals surface area contributed by atoms with Crippen molar-refractivity contribution < 1.29 is 4.79 Å². The van der Waals surface area contributed by atoms with Crippen molar-refractivity contribution in [3.05, 3.63) is 60.6 Å². The van der Waals surface area contributed by atoms with E-state index >= 15 is 0 Å². The van der Waals surface area contributed by atoms with Crippen molar-refractivity contribution in [1.82, 2.24) is 20.3 Å². The molecule has 4 rings (SSSR count). The van der Waals surface area contributed by atoms with Crippen LogP contribution in [0.5, 0.6) is 0 Å². The highest BCUT2D eigenvalue weighted by atomic mass is 32.1. The number of aromatic nitrogens is 3. The van der Waals surface area contributed by atoms with E-state index in [1.54, 1.807) is 12.4 Å². The minimum atomic E-state index is -0.260. The molecule has 0 radical (unpaired) electrons. The first-order valence-electron chi connectivity index (χ1n) is 8.98. The van der Waals surface area contributed by atoms with Crippen LogP contribution in [-0.2, 0) is 0 Å². The number of benzene rings is 1. The third-order valence-electron chi connectivity index (χ3n) is 4.31. The minimum absolute atomic E-state index is 0.260. The van der Waals surface area contributed by atoms with Crippen LogP contribution in [0.25, 0.3) is 32.6 Å². The van der Waals surface area contributed by atoms with Crippen molar-refractivity contribution in [3.8, 4) is 22.4 Å². The molecule has 0 bridgehead atoms. The van der Waals surface area contributed by atoms with Crippen LogP contribution in [0, 0.1) is 6.92 Å². The van der Waals surface area contributed by atoms with Gasteiger partial charge in [0.15, 0.2) is 5.13 Å². The maximum Gasteiger partial charge on any atom is 0.321 e. The highest BCUT2D eigenvalue weighted by Crippen LogP contribution is 2.38. The monoisotopic (exact) mass is 389 g/mol. The number of carbonyl (C=O) groups is 1. The van der Waals surface area contributed by atoms with Crippen LogP contribution in [-0.4, -0.2) is 27.5 Å². The molecule has 0 aliphatic heterocycles. The lowest BCUT2D eigenvalue weighted by atomic mass is 10.00. The summed E-state index contributed by atoms with van der Waals surface area (Å²) in [7, 11) is 0. The second-order valence-corrected chi connectivity index (χ2v) is 7.23. The maximum absolute atomic E-state index is 11.9. The Balaban J connectivity index is 1.89. The molecule has 7 heteroatoms. The van der Waals surface area contributed by atoms with Crippen LogP contribution in [0.4, 0.5) is 9.93 Å². The number of amides is 2. The molecule has 3 aromatic heterocycles. The van der Waals surface area contributed by atoms with Crippen molar-refractivity contribution in [2.45, 2.75) is 13.8 Å². The number of hydrogen-bond acceptors (Lipinski definition) is 5. The molecule has 2 amide bonds. The van der Waals surface area contributed by atoms with E-state index in [0.717, 1.165) is 38.3 Å². The van der Waals surface area contributed by atoms with E-state index < -0.39 is 0 Å². The first-order valence-corrected chi connectivity index (χ1v) is 9.80. The molecule has 0 aliphatic carbocycles. The molecule has 0 atom stereocenters. The smallest absolute Gasteiger partial charge is 0.321 e. The minimum Gasteiger partial charge on any atom is -0.338 e. The Morgan fingerprint density at radius 3 is 2.68 bits per heavy atom. The third-order valence-corrected chi connectivity index (χ3v) is 5.33. The summed E-state index contributed by atoms with van der Waals surface area (Å²) in [6.07, 6.45) is 3.56. The van der Waals surface area contributed by atoms with Gasteiger partial charge in [-0.2, -0.15) is 0 Å². The highest BCUT2D eigenvalue weighted by Gasteiger charge is 2.15. The van der Waals surface area contributed by atoms with Crippen LogP contribution in [0.3, 0.4) is 0 Å². The molecule has 140 valence electrons. The average molecular weight is 389 g/mol. The molecule has 4 aromatic rings. The predicted molar refractivity (Wildman–Crippen MR) is 114 cm³/mol. The Kier molecular flexibility index (Phi) is 4.99. The standard InChI is InChI=1S/C21H19N5OS/c1-3-22-20(27)26-21-25-18-12-14(15-7-6-10-23-13(15)2)11-16(19(18)28-21)17-8-4-5-9-24-17/h4-12H,3H2,1-2H3,(H2,22,25,26,27). The van der Waals surface area contributed by atoms with Gasteiger partial charge in [0, 0.05) is 35.8 Å². The summed E-state index contributed by atoms with van der Waals surface area (Å²) in [5, 5.41) is 6.09. The molecule has 0 aliphatic rings. The van der Waals surface area contributed by atoms with Gasteiger partial charge < -0.3 is 5.32 Å². The zero-order valence-corrected chi connectivity index (χ0v) is 16.4. The number of aryl methyl sites for hydroxylation is 1. The van der Waals surface area contributed by atoms with Crippen molar-refractivity contribution in [2.24, 2.45) is 0 Å². The molecule has 3 heterocycles. The highest BCUT2D eigenvalue weighted by molar-refractivity contribution is 7.22. The van der Waals surface area contributed by atoms with Gasteiger partial charge in [-0.15, -0.1) is 0 Å². The molecule has 6 nitrogen and oxygen atoms in total. The van der Waals surface area contributed by atoms with E-state index in [9.17, 15) is 4.79 Å². The number of hydrogen-bond donors (Lipinski definition) is 2. The number of anilines is 1. The number of rotatable bonds is 4. The number of nitrogens with one attached hydrogen (secondary N) is 2. The second-order valence-electron chi connectivity index (χ2n) is 6.23. The van der Waals surface area contributed by atoms with Crippen LogP contribution in [0.2, 0.25) is 0 Å². The number of nitrogens with zero attached hydrogens (tertiary/aromatic N) is 3. The van der Waals surface area contributed by atoms with Gasteiger partial charge in [-0.05, 0) is 49.7 Å². The lowest BCUT2D eigenvalue weighted by Gasteiger charge is -2.08. The van der Waals surface area contributed by atoms with E-state index in [0.29, 0.717) is 11.7 Å². The number of carbonyl (C=O) groups excluding carboxylic acids is 1. The number of pyridine rings is 2. The first-order chi connectivity index (χ1) is 13.7. The number of fused-ring (bicyclic) bond motifs is 1. The van der Waals surface area contributed by atoms with Crippen LogP contribution in [0.1, 0.15) is 12.6 Å². The fourth-order valence-electron chi connectivity index (χ4n) is 3.05. The summed E-state index contributed by atoms with van der Waals surface area (Å²) in [4.78, 5) is 25.5. The van der Waals surface area contributed by atoms with Gasteiger partial charge in [-0.3, -0.25) is 15.3 Å². The molecular formula is C21H19N5OS. The summed E-state index contributed by atoms with van der Waals surface area (Å²) in [5.74, 6) is 0. The lowest BCUT2D eigenvalue weighted by molar-refractivity contribution is 0.252. The Hall–Kier alpha value is -3.32.